The number of aliphatic imine (C=N–C) groups is 1. The van der Waals surface area contributed by atoms with Gasteiger partial charge in [-0.25, -0.2) is 0 Å². The van der Waals surface area contributed by atoms with Crippen LogP contribution in [0.5, 0.6) is 0 Å². The molecule has 1 saturated heterocycles. The van der Waals surface area contributed by atoms with Crippen molar-refractivity contribution in [3.63, 3.8) is 0 Å². The standard InChI is InChI=1S/C15H28F3N3O/c1-4-19-14(21-9-12(2)8-13(3)10-21)20-6-5-7-22-11-15(16,17)18/h12-13H,4-11H2,1-3H3,(H,19,20). The van der Waals surface area contributed by atoms with E-state index in [2.05, 4.69) is 33.8 Å². The Morgan fingerprint density at radius 3 is 2.45 bits per heavy atom. The normalized spacial score (nSPS) is 23.7. The molecule has 130 valence electrons. The summed E-state index contributed by atoms with van der Waals surface area (Å²) < 4.78 is 40.4. The van der Waals surface area contributed by atoms with Crippen LogP contribution in [0.15, 0.2) is 4.99 Å². The highest BCUT2D eigenvalue weighted by atomic mass is 19.4. The Morgan fingerprint density at radius 2 is 1.91 bits per heavy atom. The van der Waals surface area contributed by atoms with Crippen molar-refractivity contribution in [2.75, 3.05) is 39.4 Å². The molecule has 0 aromatic heterocycles. The van der Waals surface area contributed by atoms with Gasteiger partial charge in [0.05, 0.1) is 0 Å². The molecule has 0 aliphatic carbocycles. The lowest BCUT2D eigenvalue weighted by atomic mass is 9.92. The van der Waals surface area contributed by atoms with Gasteiger partial charge in [0.2, 0.25) is 0 Å². The van der Waals surface area contributed by atoms with Gasteiger partial charge in [0.1, 0.15) is 6.61 Å². The average molecular weight is 323 g/mol. The minimum atomic E-state index is -4.25. The first-order valence-corrected chi connectivity index (χ1v) is 7.99. The van der Waals surface area contributed by atoms with Crippen LogP contribution in [0.1, 0.15) is 33.6 Å². The number of ether oxygens (including phenoxy) is 1. The maximum Gasteiger partial charge on any atom is 0.411 e. The van der Waals surface area contributed by atoms with Crippen LogP contribution in [0.2, 0.25) is 0 Å². The van der Waals surface area contributed by atoms with Crippen molar-refractivity contribution in [1.82, 2.24) is 10.2 Å². The van der Waals surface area contributed by atoms with Gasteiger partial charge in [-0.05, 0) is 31.6 Å². The highest BCUT2D eigenvalue weighted by molar-refractivity contribution is 5.80. The first-order chi connectivity index (χ1) is 10.3. The summed E-state index contributed by atoms with van der Waals surface area (Å²) in [5.74, 6) is 2.11. The molecular formula is C15H28F3N3O. The zero-order valence-corrected chi connectivity index (χ0v) is 13.7. The molecule has 2 atom stereocenters. The fraction of sp³-hybridized carbons (Fsp3) is 0.933. The van der Waals surface area contributed by atoms with Crippen molar-refractivity contribution in [3.8, 4) is 0 Å². The molecule has 1 rings (SSSR count). The average Bonchev–Trinajstić information content (AvgIpc) is 2.39. The van der Waals surface area contributed by atoms with Crippen molar-refractivity contribution in [2.24, 2.45) is 16.8 Å². The van der Waals surface area contributed by atoms with Crippen LogP contribution >= 0.6 is 0 Å². The number of likely N-dealkylation sites (tertiary alicyclic amines) is 1. The summed E-state index contributed by atoms with van der Waals surface area (Å²) in [5.41, 5.74) is 0. The molecule has 1 heterocycles. The maximum absolute atomic E-state index is 11.9. The Hall–Kier alpha value is -0.980. The van der Waals surface area contributed by atoms with E-state index in [1.165, 1.54) is 6.42 Å². The number of alkyl halides is 3. The Labute approximate surface area is 131 Å². The third-order valence-corrected chi connectivity index (χ3v) is 3.48. The fourth-order valence-electron chi connectivity index (χ4n) is 2.80. The molecule has 0 bridgehead atoms. The van der Waals surface area contributed by atoms with Crippen molar-refractivity contribution in [2.45, 2.75) is 39.8 Å². The van der Waals surface area contributed by atoms with Crippen LogP contribution in [0, 0.1) is 11.8 Å². The van der Waals surface area contributed by atoms with Gasteiger partial charge in [-0.15, -0.1) is 0 Å². The minimum absolute atomic E-state index is 0.0786. The van der Waals surface area contributed by atoms with Crippen LogP contribution < -0.4 is 5.32 Å². The van der Waals surface area contributed by atoms with Gasteiger partial charge in [-0.1, -0.05) is 13.8 Å². The van der Waals surface area contributed by atoms with Gasteiger partial charge in [0, 0.05) is 32.8 Å². The summed E-state index contributed by atoms with van der Waals surface area (Å²) >= 11 is 0. The minimum Gasteiger partial charge on any atom is -0.372 e. The van der Waals surface area contributed by atoms with E-state index >= 15 is 0 Å². The Morgan fingerprint density at radius 1 is 1.27 bits per heavy atom. The topological polar surface area (TPSA) is 36.9 Å². The summed E-state index contributed by atoms with van der Waals surface area (Å²) in [6.07, 6.45) is -2.54. The third kappa shape index (κ3) is 7.87. The zero-order valence-electron chi connectivity index (χ0n) is 13.7. The van der Waals surface area contributed by atoms with Crippen LogP contribution in [-0.2, 0) is 4.74 Å². The number of nitrogens with one attached hydrogen (secondary N) is 1. The molecule has 0 saturated carbocycles. The van der Waals surface area contributed by atoms with E-state index in [0.717, 1.165) is 25.6 Å². The summed E-state index contributed by atoms with van der Waals surface area (Å²) in [5, 5.41) is 3.26. The summed E-state index contributed by atoms with van der Waals surface area (Å²) in [6, 6.07) is 0. The van der Waals surface area contributed by atoms with Crippen molar-refractivity contribution in [3.05, 3.63) is 0 Å². The Kier molecular flexibility index (Phi) is 8.00. The van der Waals surface area contributed by atoms with E-state index in [1.54, 1.807) is 0 Å². The SMILES string of the molecule is CCNC(=NCCCOCC(F)(F)F)N1CC(C)CC(C)C1. The van der Waals surface area contributed by atoms with Gasteiger partial charge < -0.3 is 15.0 Å². The zero-order chi connectivity index (χ0) is 16.6. The van der Waals surface area contributed by atoms with Gasteiger partial charge in [0.25, 0.3) is 0 Å². The van der Waals surface area contributed by atoms with E-state index in [9.17, 15) is 13.2 Å². The van der Waals surface area contributed by atoms with Crippen molar-refractivity contribution < 1.29 is 17.9 Å². The highest BCUT2D eigenvalue weighted by Crippen LogP contribution is 2.20. The lowest BCUT2D eigenvalue weighted by Gasteiger charge is -2.37. The first kappa shape index (κ1) is 19.1. The van der Waals surface area contributed by atoms with Crippen LogP contribution in [0.4, 0.5) is 13.2 Å². The number of piperidine rings is 1. The first-order valence-electron chi connectivity index (χ1n) is 7.99. The second kappa shape index (κ2) is 9.22. The molecule has 1 N–H and O–H groups in total. The highest BCUT2D eigenvalue weighted by Gasteiger charge is 2.27. The molecule has 0 aromatic carbocycles. The fourth-order valence-corrected chi connectivity index (χ4v) is 2.80. The number of hydrogen-bond donors (Lipinski definition) is 1. The number of rotatable bonds is 6. The number of halogens is 3. The number of hydrogen-bond acceptors (Lipinski definition) is 2. The lowest BCUT2D eigenvalue weighted by Crippen LogP contribution is -2.48. The predicted molar refractivity (Wildman–Crippen MR) is 82.0 cm³/mol. The molecule has 2 unspecified atom stereocenters. The molecule has 7 heteroatoms. The van der Waals surface area contributed by atoms with Crippen LogP contribution in [0.25, 0.3) is 0 Å². The summed E-state index contributed by atoms with van der Waals surface area (Å²) in [7, 11) is 0. The maximum atomic E-state index is 11.9. The third-order valence-electron chi connectivity index (χ3n) is 3.48. The Balaban J connectivity index is 2.38. The second-order valence-electron chi connectivity index (χ2n) is 6.11. The van der Waals surface area contributed by atoms with E-state index in [4.69, 9.17) is 0 Å². The number of nitrogens with zero attached hydrogens (tertiary/aromatic N) is 2. The Bertz CT molecular complexity index is 337. The molecular weight excluding hydrogens is 295 g/mol. The van der Waals surface area contributed by atoms with Gasteiger partial charge in [-0.2, -0.15) is 13.2 Å². The van der Waals surface area contributed by atoms with Crippen molar-refractivity contribution >= 4 is 5.96 Å². The molecule has 4 nitrogen and oxygen atoms in total. The van der Waals surface area contributed by atoms with Gasteiger partial charge in [-0.3, -0.25) is 4.99 Å². The molecule has 1 aliphatic heterocycles. The largest absolute Gasteiger partial charge is 0.411 e. The molecule has 0 spiro atoms. The molecule has 0 amide bonds. The predicted octanol–water partition coefficient (Wildman–Crippen LogP) is 2.90. The monoisotopic (exact) mass is 323 g/mol. The molecule has 0 aromatic rings. The second-order valence-corrected chi connectivity index (χ2v) is 6.11. The molecule has 22 heavy (non-hydrogen) atoms. The van der Waals surface area contributed by atoms with Gasteiger partial charge in [0.15, 0.2) is 5.96 Å². The van der Waals surface area contributed by atoms with Crippen molar-refractivity contribution in [1.29, 1.82) is 0 Å². The van der Waals surface area contributed by atoms with Crippen LogP contribution in [0.3, 0.4) is 0 Å². The van der Waals surface area contributed by atoms with E-state index in [0.29, 0.717) is 24.8 Å². The van der Waals surface area contributed by atoms with Gasteiger partial charge >= 0.3 is 6.18 Å². The summed E-state index contributed by atoms with van der Waals surface area (Å²) in [6.45, 7) is 8.57. The lowest BCUT2D eigenvalue weighted by molar-refractivity contribution is -0.173. The van der Waals surface area contributed by atoms with Crippen LogP contribution in [-0.4, -0.2) is 56.4 Å². The molecule has 0 radical (unpaired) electrons. The number of guanidine groups is 1. The summed E-state index contributed by atoms with van der Waals surface area (Å²) in [4.78, 5) is 6.76. The quantitative estimate of drug-likeness (QED) is 0.464. The van der Waals surface area contributed by atoms with E-state index in [-0.39, 0.29) is 6.61 Å². The smallest absolute Gasteiger partial charge is 0.372 e. The molecule has 1 fully saturated rings. The van der Waals surface area contributed by atoms with E-state index in [1.807, 2.05) is 6.92 Å². The van der Waals surface area contributed by atoms with E-state index < -0.39 is 12.8 Å². The molecule has 1 aliphatic rings.